The summed E-state index contributed by atoms with van der Waals surface area (Å²) < 4.78 is 0. The van der Waals surface area contributed by atoms with Crippen molar-refractivity contribution in [1.29, 1.82) is 0 Å². The normalized spacial score (nSPS) is 19.7. The highest BCUT2D eigenvalue weighted by Gasteiger charge is 2.18. The number of aromatic nitrogens is 2. The summed E-state index contributed by atoms with van der Waals surface area (Å²) in [5, 5.41) is 4.04. The first-order chi connectivity index (χ1) is 8.16. The minimum atomic E-state index is 0. The van der Waals surface area contributed by atoms with Crippen LogP contribution in [0.15, 0.2) is 6.20 Å². The molecule has 2 heterocycles. The van der Waals surface area contributed by atoms with Crippen LogP contribution in [-0.2, 0) is 6.54 Å². The number of likely N-dealkylation sites (N-methyl/N-ethyl adjacent to an activating group) is 1. The van der Waals surface area contributed by atoms with E-state index in [2.05, 4.69) is 27.2 Å². The first kappa shape index (κ1) is 15.9. The Labute approximate surface area is 123 Å². The molecule has 4 nitrogen and oxygen atoms in total. The second kappa shape index (κ2) is 7.46. The lowest BCUT2D eigenvalue weighted by atomic mass is 10.1. The Bertz CT molecular complexity index is 383. The number of nitrogens with one attached hydrogen (secondary N) is 1. The molecule has 1 unspecified atom stereocenters. The molecular formula is C11H17Cl3N4. The molecule has 0 aromatic carbocycles. The summed E-state index contributed by atoms with van der Waals surface area (Å²) >= 11 is 11.7. The van der Waals surface area contributed by atoms with Crippen LogP contribution >= 0.6 is 35.6 Å². The average Bonchev–Trinajstić information content (AvgIpc) is 2.34. The topological polar surface area (TPSA) is 41.1 Å². The minimum Gasteiger partial charge on any atom is -0.315 e. The van der Waals surface area contributed by atoms with Gasteiger partial charge in [-0.3, -0.25) is 4.90 Å². The molecule has 102 valence electrons. The van der Waals surface area contributed by atoms with Gasteiger partial charge in [0, 0.05) is 30.9 Å². The zero-order valence-electron chi connectivity index (χ0n) is 10.2. The molecular weight excluding hydrogens is 295 g/mol. The monoisotopic (exact) mass is 310 g/mol. The van der Waals surface area contributed by atoms with Crippen LogP contribution in [-0.4, -0.2) is 41.0 Å². The molecule has 1 atom stereocenters. The number of rotatable bonds is 3. The summed E-state index contributed by atoms with van der Waals surface area (Å²) in [6.45, 7) is 2.90. The molecule has 0 saturated carbocycles. The molecule has 1 aliphatic heterocycles. The number of halogens is 3. The number of piperidine rings is 1. The van der Waals surface area contributed by atoms with Crippen LogP contribution in [0, 0.1) is 0 Å². The highest BCUT2D eigenvalue weighted by atomic mass is 35.5. The Morgan fingerprint density at radius 3 is 2.89 bits per heavy atom. The van der Waals surface area contributed by atoms with Crippen molar-refractivity contribution < 1.29 is 0 Å². The van der Waals surface area contributed by atoms with E-state index < -0.39 is 0 Å². The summed E-state index contributed by atoms with van der Waals surface area (Å²) in [4.78, 5) is 10.2. The van der Waals surface area contributed by atoms with E-state index in [0.29, 0.717) is 11.2 Å². The van der Waals surface area contributed by atoms with Crippen LogP contribution in [0.5, 0.6) is 0 Å². The Hall–Kier alpha value is -0.130. The van der Waals surface area contributed by atoms with Crippen molar-refractivity contribution in [3.63, 3.8) is 0 Å². The van der Waals surface area contributed by atoms with Gasteiger partial charge in [0.1, 0.15) is 5.15 Å². The molecule has 1 saturated heterocycles. The molecule has 7 heteroatoms. The van der Waals surface area contributed by atoms with Crippen molar-refractivity contribution in [3.05, 3.63) is 22.2 Å². The molecule has 0 radical (unpaired) electrons. The van der Waals surface area contributed by atoms with Gasteiger partial charge in [0.25, 0.3) is 0 Å². The van der Waals surface area contributed by atoms with Crippen molar-refractivity contribution in [2.75, 3.05) is 20.1 Å². The van der Waals surface area contributed by atoms with Crippen LogP contribution in [0.25, 0.3) is 0 Å². The van der Waals surface area contributed by atoms with E-state index in [1.165, 1.54) is 12.8 Å². The molecule has 18 heavy (non-hydrogen) atoms. The molecule has 0 aliphatic carbocycles. The van der Waals surface area contributed by atoms with Gasteiger partial charge in [0.15, 0.2) is 0 Å². The van der Waals surface area contributed by atoms with Gasteiger partial charge in [-0.1, -0.05) is 11.6 Å². The maximum atomic E-state index is 6.03. The molecule has 1 aliphatic rings. The van der Waals surface area contributed by atoms with Gasteiger partial charge in [-0.25, -0.2) is 9.97 Å². The van der Waals surface area contributed by atoms with Crippen LogP contribution < -0.4 is 5.32 Å². The molecule has 2 rings (SSSR count). The lowest BCUT2D eigenvalue weighted by Crippen LogP contribution is -2.43. The fraction of sp³-hybridized carbons (Fsp3) is 0.636. The van der Waals surface area contributed by atoms with Gasteiger partial charge >= 0.3 is 0 Å². The predicted octanol–water partition coefficient (Wildman–Crippen LogP) is 2.39. The van der Waals surface area contributed by atoms with Gasteiger partial charge in [-0.2, -0.15) is 0 Å². The van der Waals surface area contributed by atoms with E-state index in [0.717, 1.165) is 25.2 Å². The van der Waals surface area contributed by atoms with Crippen molar-refractivity contribution >= 4 is 35.6 Å². The first-order valence-corrected chi connectivity index (χ1v) is 6.50. The molecule has 0 spiro atoms. The second-order valence-electron chi connectivity index (χ2n) is 4.37. The molecule has 0 amide bonds. The quantitative estimate of drug-likeness (QED) is 0.687. The first-order valence-electron chi connectivity index (χ1n) is 5.74. The Kier molecular flexibility index (Phi) is 6.60. The number of hydrogen-bond donors (Lipinski definition) is 1. The van der Waals surface area contributed by atoms with Gasteiger partial charge in [-0.15, -0.1) is 12.4 Å². The van der Waals surface area contributed by atoms with Crippen molar-refractivity contribution in [2.45, 2.75) is 25.4 Å². The van der Waals surface area contributed by atoms with Gasteiger partial charge in [0.05, 0.1) is 0 Å². The van der Waals surface area contributed by atoms with E-state index in [1.54, 1.807) is 6.20 Å². The largest absolute Gasteiger partial charge is 0.315 e. The maximum Gasteiger partial charge on any atom is 0.223 e. The molecule has 1 N–H and O–H groups in total. The van der Waals surface area contributed by atoms with Gasteiger partial charge in [0.2, 0.25) is 5.28 Å². The lowest BCUT2D eigenvalue weighted by molar-refractivity contribution is 0.195. The zero-order chi connectivity index (χ0) is 12.3. The van der Waals surface area contributed by atoms with E-state index in [1.807, 2.05) is 0 Å². The van der Waals surface area contributed by atoms with Crippen LogP contribution in [0.2, 0.25) is 10.4 Å². The van der Waals surface area contributed by atoms with Gasteiger partial charge < -0.3 is 5.32 Å². The van der Waals surface area contributed by atoms with Crippen molar-refractivity contribution in [3.8, 4) is 0 Å². The van der Waals surface area contributed by atoms with E-state index in [4.69, 9.17) is 23.2 Å². The highest BCUT2D eigenvalue weighted by molar-refractivity contribution is 6.32. The summed E-state index contributed by atoms with van der Waals surface area (Å²) in [6, 6.07) is 0.551. The van der Waals surface area contributed by atoms with E-state index >= 15 is 0 Å². The Balaban J connectivity index is 0.00000162. The summed E-state index contributed by atoms with van der Waals surface area (Å²) in [6.07, 6.45) is 4.14. The smallest absolute Gasteiger partial charge is 0.223 e. The summed E-state index contributed by atoms with van der Waals surface area (Å²) in [5.74, 6) is 0. The second-order valence-corrected chi connectivity index (χ2v) is 5.07. The number of nitrogens with zero attached hydrogens (tertiary/aromatic N) is 3. The third-order valence-electron chi connectivity index (χ3n) is 3.10. The fourth-order valence-corrected chi connectivity index (χ4v) is 2.44. The van der Waals surface area contributed by atoms with E-state index in [-0.39, 0.29) is 17.7 Å². The molecule has 1 aromatic rings. The molecule has 1 fully saturated rings. The summed E-state index contributed by atoms with van der Waals surface area (Å²) in [5.41, 5.74) is 0.921. The highest BCUT2D eigenvalue weighted by Crippen LogP contribution is 2.18. The van der Waals surface area contributed by atoms with Crippen molar-refractivity contribution in [2.24, 2.45) is 0 Å². The van der Waals surface area contributed by atoms with Crippen molar-refractivity contribution in [1.82, 2.24) is 20.2 Å². The fourth-order valence-electron chi connectivity index (χ4n) is 2.08. The SMILES string of the molecule is CN(Cc1cnc(Cl)nc1Cl)C1CCCNC1.Cl. The van der Waals surface area contributed by atoms with Crippen LogP contribution in [0.4, 0.5) is 0 Å². The van der Waals surface area contributed by atoms with Gasteiger partial charge in [-0.05, 0) is 38.0 Å². The van der Waals surface area contributed by atoms with Crippen LogP contribution in [0.3, 0.4) is 0 Å². The third-order valence-corrected chi connectivity index (χ3v) is 3.61. The predicted molar refractivity (Wildman–Crippen MR) is 76.7 cm³/mol. The Morgan fingerprint density at radius 1 is 1.50 bits per heavy atom. The van der Waals surface area contributed by atoms with E-state index in [9.17, 15) is 0 Å². The third kappa shape index (κ3) is 4.21. The molecule has 0 bridgehead atoms. The standard InChI is InChI=1S/C11H16Cl2N4.ClH/c1-17(9-3-2-4-14-6-9)7-8-5-15-11(13)16-10(8)12;/h5,9,14H,2-4,6-7H2,1H3;1H. The Morgan fingerprint density at radius 2 is 2.28 bits per heavy atom. The zero-order valence-corrected chi connectivity index (χ0v) is 12.5. The minimum absolute atomic E-state index is 0. The molecule has 1 aromatic heterocycles. The average molecular weight is 312 g/mol. The lowest BCUT2D eigenvalue weighted by Gasteiger charge is -2.31. The summed E-state index contributed by atoms with van der Waals surface area (Å²) in [7, 11) is 2.10. The van der Waals surface area contributed by atoms with Crippen LogP contribution in [0.1, 0.15) is 18.4 Å². The number of hydrogen-bond acceptors (Lipinski definition) is 4. The maximum absolute atomic E-state index is 6.03.